The predicted molar refractivity (Wildman–Crippen MR) is 79.9 cm³/mol. The fourth-order valence-electron chi connectivity index (χ4n) is 2.67. The molecule has 0 bridgehead atoms. The van der Waals surface area contributed by atoms with Crippen LogP contribution >= 0.6 is 0 Å². The summed E-state index contributed by atoms with van der Waals surface area (Å²) in [5, 5.41) is 0. The zero-order valence-corrected chi connectivity index (χ0v) is 11.9. The summed E-state index contributed by atoms with van der Waals surface area (Å²) in [6.07, 6.45) is 3.24. The lowest BCUT2D eigenvalue weighted by atomic mass is 10.1. The number of rotatable bonds is 6. The lowest BCUT2D eigenvalue weighted by Gasteiger charge is -2.22. The lowest BCUT2D eigenvalue weighted by molar-refractivity contribution is 0.257. The first-order chi connectivity index (χ1) is 10.2. The molecule has 21 heavy (non-hydrogen) atoms. The van der Waals surface area contributed by atoms with Crippen LogP contribution in [0.25, 0.3) is 0 Å². The molecule has 0 radical (unpaired) electrons. The van der Waals surface area contributed by atoms with Gasteiger partial charge in [-0.2, -0.15) is 0 Å². The molecule has 1 aliphatic rings. The van der Waals surface area contributed by atoms with Crippen molar-refractivity contribution in [2.75, 3.05) is 6.54 Å². The molecule has 2 aromatic rings. The summed E-state index contributed by atoms with van der Waals surface area (Å²) in [6, 6.07) is 14.1. The van der Waals surface area contributed by atoms with E-state index in [1.54, 1.807) is 24.3 Å². The van der Waals surface area contributed by atoms with Gasteiger partial charge in [-0.25, -0.2) is 8.78 Å². The molecule has 1 nitrogen and oxygen atoms in total. The SMILES string of the molecule is Fc1cccc(CCN(Cc2cccc(F)c2)C2CC2)c1. The number of halogens is 2. The standard InChI is InChI=1S/C18H19F2N/c19-16-5-1-3-14(11-16)9-10-21(18-7-8-18)13-15-4-2-6-17(20)12-15/h1-6,11-12,18H,7-10,13H2. The Morgan fingerprint density at radius 3 is 2.14 bits per heavy atom. The Kier molecular flexibility index (Phi) is 4.30. The smallest absolute Gasteiger partial charge is 0.123 e. The molecule has 0 aromatic heterocycles. The van der Waals surface area contributed by atoms with E-state index in [0.717, 1.165) is 30.6 Å². The van der Waals surface area contributed by atoms with Crippen LogP contribution in [0.5, 0.6) is 0 Å². The highest BCUT2D eigenvalue weighted by molar-refractivity contribution is 5.18. The van der Waals surface area contributed by atoms with Crippen molar-refractivity contribution >= 4 is 0 Å². The van der Waals surface area contributed by atoms with E-state index in [4.69, 9.17) is 0 Å². The molecule has 0 unspecified atom stereocenters. The van der Waals surface area contributed by atoms with E-state index >= 15 is 0 Å². The molecule has 0 aliphatic heterocycles. The largest absolute Gasteiger partial charge is 0.296 e. The Morgan fingerprint density at radius 1 is 0.905 bits per heavy atom. The van der Waals surface area contributed by atoms with E-state index in [-0.39, 0.29) is 11.6 Å². The summed E-state index contributed by atoms with van der Waals surface area (Å²) < 4.78 is 26.5. The van der Waals surface area contributed by atoms with Crippen LogP contribution in [0.2, 0.25) is 0 Å². The molecule has 3 rings (SSSR count). The van der Waals surface area contributed by atoms with Crippen molar-refractivity contribution in [3.8, 4) is 0 Å². The molecule has 0 N–H and O–H groups in total. The van der Waals surface area contributed by atoms with Gasteiger partial charge in [0, 0.05) is 19.1 Å². The second-order valence-corrected chi connectivity index (χ2v) is 5.71. The topological polar surface area (TPSA) is 3.24 Å². The Bertz CT molecular complexity index is 608. The van der Waals surface area contributed by atoms with E-state index in [1.807, 2.05) is 12.1 Å². The highest BCUT2D eigenvalue weighted by atomic mass is 19.1. The minimum absolute atomic E-state index is 0.185. The van der Waals surface area contributed by atoms with E-state index < -0.39 is 0 Å². The van der Waals surface area contributed by atoms with Crippen molar-refractivity contribution in [2.24, 2.45) is 0 Å². The Hall–Kier alpha value is -1.74. The first-order valence-electron chi connectivity index (χ1n) is 7.43. The van der Waals surface area contributed by atoms with Crippen LogP contribution in [0, 0.1) is 11.6 Å². The molecule has 1 aliphatic carbocycles. The normalized spacial score (nSPS) is 14.6. The zero-order valence-electron chi connectivity index (χ0n) is 11.9. The highest BCUT2D eigenvalue weighted by Gasteiger charge is 2.28. The molecular weight excluding hydrogens is 268 g/mol. The quantitative estimate of drug-likeness (QED) is 0.770. The van der Waals surface area contributed by atoms with Crippen LogP contribution in [-0.4, -0.2) is 17.5 Å². The Labute approximate surface area is 124 Å². The summed E-state index contributed by atoms with van der Waals surface area (Å²) in [6.45, 7) is 1.64. The van der Waals surface area contributed by atoms with Gasteiger partial charge in [0.1, 0.15) is 11.6 Å². The molecular formula is C18H19F2N. The molecule has 1 fully saturated rings. The first kappa shape index (κ1) is 14.2. The van der Waals surface area contributed by atoms with E-state index in [9.17, 15) is 8.78 Å². The van der Waals surface area contributed by atoms with Crippen LogP contribution in [0.3, 0.4) is 0 Å². The number of hydrogen-bond acceptors (Lipinski definition) is 1. The average Bonchev–Trinajstić information content (AvgIpc) is 3.28. The fraction of sp³-hybridized carbons (Fsp3) is 0.333. The number of benzene rings is 2. The van der Waals surface area contributed by atoms with Crippen LogP contribution < -0.4 is 0 Å². The van der Waals surface area contributed by atoms with Gasteiger partial charge in [0.05, 0.1) is 0 Å². The van der Waals surface area contributed by atoms with Gasteiger partial charge in [-0.1, -0.05) is 24.3 Å². The van der Waals surface area contributed by atoms with Gasteiger partial charge in [0.2, 0.25) is 0 Å². The third-order valence-electron chi connectivity index (χ3n) is 3.91. The molecule has 2 aromatic carbocycles. The average molecular weight is 287 g/mol. The van der Waals surface area contributed by atoms with Crippen molar-refractivity contribution in [1.29, 1.82) is 0 Å². The summed E-state index contributed by atoms with van der Waals surface area (Å²) in [7, 11) is 0. The lowest BCUT2D eigenvalue weighted by Crippen LogP contribution is -2.28. The maximum atomic E-state index is 13.3. The minimum Gasteiger partial charge on any atom is -0.296 e. The minimum atomic E-state index is -0.187. The third-order valence-corrected chi connectivity index (χ3v) is 3.91. The summed E-state index contributed by atoms with van der Waals surface area (Å²) >= 11 is 0. The van der Waals surface area contributed by atoms with Gasteiger partial charge < -0.3 is 0 Å². The van der Waals surface area contributed by atoms with E-state index in [2.05, 4.69) is 4.90 Å². The molecule has 0 saturated heterocycles. The van der Waals surface area contributed by atoms with Crippen molar-refractivity contribution in [3.05, 3.63) is 71.3 Å². The predicted octanol–water partition coefficient (Wildman–Crippen LogP) is 4.17. The van der Waals surface area contributed by atoms with Crippen LogP contribution in [0.4, 0.5) is 8.78 Å². The molecule has 0 spiro atoms. The Balaban J connectivity index is 1.62. The maximum absolute atomic E-state index is 13.3. The Morgan fingerprint density at radius 2 is 1.52 bits per heavy atom. The summed E-state index contributed by atoms with van der Waals surface area (Å²) in [5.74, 6) is -0.371. The molecule has 1 saturated carbocycles. The number of hydrogen-bond donors (Lipinski definition) is 0. The summed E-state index contributed by atoms with van der Waals surface area (Å²) in [5.41, 5.74) is 2.01. The summed E-state index contributed by atoms with van der Waals surface area (Å²) in [4.78, 5) is 2.37. The molecule has 0 atom stereocenters. The first-order valence-corrected chi connectivity index (χ1v) is 7.43. The van der Waals surface area contributed by atoms with Crippen LogP contribution in [0.1, 0.15) is 24.0 Å². The number of nitrogens with zero attached hydrogens (tertiary/aromatic N) is 1. The van der Waals surface area contributed by atoms with E-state index in [1.165, 1.54) is 25.0 Å². The van der Waals surface area contributed by atoms with Gasteiger partial charge in [-0.05, 0) is 54.7 Å². The van der Waals surface area contributed by atoms with Crippen molar-refractivity contribution in [3.63, 3.8) is 0 Å². The molecule has 0 heterocycles. The van der Waals surface area contributed by atoms with Gasteiger partial charge in [0.15, 0.2) is 0 Å². The second kappa shape index (κ2) is 6.35. The molecule has 110 valence electrons. The fourth-order valence-corrected chi connectivity index (χ4v) is 2.67. The van der Waals surface area contributed by atoms with Crippen molar-refractivity contribution < 1.29 is 8.78 Å². The monoisotopic (exact) mass is 287 g/mol. The van der Waals surface area contributed by atoms with Gasteiger partial charge in [-0.15, -0.1) is 0 Å². The van der Waals surface area contributed by atoms with Crippen molar-refractivity contribution in [2.45, 2.75) is 31.8 Å². The van der Waals surface area contributed by atoms with Crippen molar-refractivity contribution in [1.82, 2.24) is 4.90 Å². The van der Waals surface area contributed by atoms with Crippen LogP contribution in [-0.2, 0) is 13.0 Å². The zero-order chi connectivity index (χ0) is 14.7. The molecule has 3 heteroatoms. The van der Waals surface area contributed by atoms with Gasteiger partial charge in [0.25, 0.3) is 0 Å². The van der Waals surface area contributed by atoms with Gasteiger partial charge >= 0.3 is 0 Å². The maximum Gasteiger partial charge on any atom is 0.123 e. The van der Waals surface area contributed by atoms with E-state index in [0.29, 0.717) is 6.04 Å². The second-order valence-electron chi connectivity index (χ2n) is 5.71. The highest BCUT2D eigenvalue weighted by Crippen LogP contribution is 2.28. The third kappa shape index (κ3) is 4.11. The molecule has 0 amide bonds. The van der Waals surface area contributed by atoms with Crippen LogP contribution in [0.15, 0.2) is 48.5 Å². The van der Waals surface area contributed by atoms with Gasteiger partial charge in [-0.3, -0.25) is 4.90 Å².